The number of thioether (sulfide) groups is 2. The quantitative estimate of drug-likeness (QED) is 0.790. The maximum atomic E-state index is 11.9. The Hall–Kier alpha value is -1.47. The van der Waals surface area contributed by atoms with Gasteiger partial charge in [0.15, 0.2) is 0 Å². The first-order valence-corrected chi connectivity index (χ1v) is 8.85. The molecule has 0 fully saturated rings. The van der Waals surface area contributed by atoms with Gasteiger partial charge in [0.1, 0.15) is 0 Å². The average molecular weight is 323 g/mol. The Labute approximate surface area is 132 Å². The Morgan fingerprint density at radius 3 is 2.81 bits per heavy atom. The lowest BCUT2D eigenvalue weighted by Crippen LogP contribution is -2.28. The molecule has 0 spiro atoms. The molecule has 1 aromatic carbocycles. The molecule has 0 saturated heterocycles. The summed E-state index contributed by atoms with van der Waals surface area (Å²) in [5, 5.41) is 11.2. The molecule has 0 saturated carbocycles. The van der Waals surface area contributed by atoms with E-state index in [-0.39, 0.29) is 17.7 Å². The van der Waals surface area contributed by atoms with Gasteiger partial charge in [-0.25, -0.2) is 0 Å². The lowest BCUT2D eigenvalue weighted by atomic mass is 10.1. The van der Waals surface area contributed by atoms with E-state index in [2.05, 4.69) is 15.5 Å². The van der Waals surface area contributed by atoms with Crippen molar-refractivity contribution in [3.8, 4) is 0 Å². The number of aromatic nitrogens is 2. The molecule has 1 amide bonds. The molecule has 2 rings (SSSR count). The minimum absolute atomic E-state index is 0.0194. The second-order valence-electron chi connectivity index (χ2n) is 4.38. The van der Waals surface area contributed by atoms with Crippen LogP contribution < -0.4 is 5.32 Å². The van der Waals surface area contributed by atoms with Crippen LogP contribution in [0.3, 0.4) is 0 Å². The molecule has 2 aromatic rings. The number of nitrogens with zero attached hydrogens (tertiary/aromatic N) is 2. The van der Waals surface area contributed by atoms with Crippen LogP contribution in [-0.2, 0) is 10.5 Å². The van der Waals surface area contributed by atoms with Crippen LogP contribution in [-0.4, -0.2) is 28.1 Å². The summed E-state index contributed by atoms with van der Waals surface area (Å²) in [4.78, 5) is 11.9. The monoisotopic (exact) mass is 323 g/mol. The predicted octanol–water partition coefficient (Wildman–Crippen LogP) is 2.90. The van der Waals surface area contributed by atoms with Gasteiger partial charge in [-0.3, -0.25) is 4.79 Å². The Morgan fingerprint density at radius 2 is 2.10 bits per heavy atom. The van der Waals surface area contributed by atoms with Crippen molar-refractivity contribution < 1.29 is 9.21 Å². The van der Waals surface area contributed by atoms with Gasteiger partial charge in [-0.05, 0) is 18.7 Å². The first kappa shape index (κ1) is 15.9. The van der Waals surface area contributed by atoms with Crippen LogP contribution in [0.4, 0.5) is 0 Å². The lowest BCUT2D eigenvalue weighted by Gasteiger charge is -2.13. The minimum atomic E-state index is -0.0547. The van der Waals surface area contributed by atoms with Gasteiger partial charge in [0.2, 0.25) is 11.8 Å². The Kier molecular flexibility index (Phi) is 6.13. The second-order valence-corrected chi connectivity index (χ2v) is 6.18. The van der Waals surface area contributed by atoms with Gasteiger partial charge in [-0.1, -0.05) is 42.1 Å². The van der Waals surface area contributed by atoms with Crippen molar-refractivity contribution in [2.45, 2.75) is 23.9 Å². The maximum absolute atomic E-state index is 11.9. The molecular formula is C14H17N3O2S2. The number of amides is 1. The van der Waals surface area contributed by atoms with E-state index in [0.29, 0.717) is 16.9 Å². The molecule has 0 aliphatic carbocycles. The number of carbonyl (C=O) groups excluding carboxylic acids is 1. The van der Waals surface area contributed by atoms with E-state index in [9.17, 15) is 4.79 Å². The number of nitrogens with one attached hydrogen (secondary N) is 1. The van der Waals surface area contributed by atoms with E-state index in [1.54, 1.807) is 11.8 Å². The van der Waals surface area contributed by atoms with E-state index in [4.69, 9.17) is 4.42 Å². The van der Waals surface area contributed by atoms with E-state index in [1.165, 1.54) is 11.8 Å². The first-order valence-electron chi connectivity index (χ1n) is 6.47. The number of hydrogen-bond donors (Lipinski definition) is 1. The molecular weight excluding hydrogens is 306 g/mol. The standard InChI is InChI=1S/C14H17N3O2S2/c1-10(11-6-4-3-5-7-11)15-12(18)8-21-14-17-16-13(19-14)9-20-2/h3-7,10H,8-9H2,1-2H3,(H,15,18). The lowest BCUT2D eigenvalue weighted by molar-refractivity contribution is -0.119. The molecule has 5 nitrogen and oxygen atoms in total. The summed E-state index contributed by atoms with van der Waals surface area (Å²) in [6.07, 6.45) is 1.97. The molecule has 112 valence electrons. The van der Waals surface area contributed by atoms with Gasteiger partial charge in [-0.15, -0.1) is 10.2 Å². The predicted molar refractivity (Wildman–Crippen MR) is 85.2 cm³/mol. The normalized spacial score (nSPS) is 12.1. The highest BCUT2D eigenvalue weighted by atomic mass is 32.2. The van der Waals surface area contributed by atoms with Crippen molar-refractivity contribution in [2.24, 2.45) is 0 Å². The largest absolute Gasteiger partial charge is 0.415 e. The van der Waals surface area contributed by atoms with Crippen LogP contribution in [0.2, 0.25) is 0 Å². The van der Waals surface area contributed by atoms with E-state index in [0.717, 1.165) is 5.56 Å². The van der Waals surface area contributed by atoms with Crippen molar-refractivity contribution in [1.82, 2.24) is 15.5 Å². The van der Waals surface area contributed by atoms with E-state index < -0.39 is 0 Å². The third-order valence-electron chi connectivity index (χ3n) is 2.72. The molecule has 1 N–H and O–H groups in total. The SMILES string of the molecule is CSCc1nnc(SCC(=O)NC(C)c2ccccc2)o1. The van der Waals surface area contributed by atoms with Gasteiger partial charge >= 0.3 is 0 Å². The number of carbonyl (C=O) groups is 1. The molecule has 0 radical (unpaired) electrons. The highest BCUT2D eigenvalue weighted by molar-refractivity contribution is 7.99. The molecule has 0 aliphatic heterocycles. The summed E-state index contributed by atoms with van der Waals surface area (Å²) in [5.41, 5.74) is 1.08. The third-order valence-corrected chi connectivity index (χ3v) is 4.07. The fourth-order valence-electron chi connectivity index (χ4n) is 1.71. The zero-order valence-corrected chi connectivity index (χ0v) is 13.5. The third kappa shape index (κ3) is 5.09. The van der Waals surface area contributed by atoms with Crippen molar-refractivity contribution in [3.63, 3.8) is 0 Å². The first-order chi connectivity index (χ1) is 10.2. The van der Waals surface area contributed by atoms with Crippen LogP contribution in [0.1, 0.15) is 24.4 Å². The van der Waals surface area contributed by atoms with Crippen LogP contribution in [0, 0.1) is 0 Å². The van der Waals surface area contributed by atoms with Gasteiger partial charge in [0, 0.05) is 0 Å². The van der Waals surface area contributed by atoms with Gasteiger partial charge in [-0.2, -0.15) is 11.8 Å². The maximum Gasteiger partial charge on any atom is 0.277 e. The van der Waals surface area contributed by atoms with Gasteiger partial charge in [0.25, 0.3) is 5.22 Å². The van der Waals surface area contributed by atoms with Crippen molar-refractivity contribution in [2.75, 3.05) is 12.0 Å². The molecule has 0 aliphatic rings. The fourth-order valence-corrected chi connectivity index (χ4v) is 2.67. The summed E-state index contributed by atoms with van der Waals surface area (Å²) < 4.78 is 5.40. The van der Waals surface area contributed by atoms with Crippen LogP contribution >= 0.6 is 23.5 Å². The fraction of sp³-hybridized carbons (Fsp3) is 0.357. The van der Waals surface area contributed by atoms with E-state index in [1.807, 2.05) is 43.5 Å². The highest BCUT2D eigenvalue weighted by Gasteiger charge is 2.12. The van der Waals surface area contributed by atoms with Crippen molar-refractivity contribution >= 4 is 29.4 Å². The zero-order valence-electron chi connectivity index (χ0n) is 11.9. The molecule has 7 heteroatoms. The van der Waals surface area contributed by atoms with Crippen LogP contribution in [0.15, 0.2) is 40.0 Å². The van der Waals surface area contributed by atoms with Crippen molar-refractivity contribution in [1.29, 1.82) is 0 Å². The van der Waals surface area contributed by atoms with Crippen molar-refractivity contribution in [3.05, 3.63) is 41.8 Å². The number of benzene rings is 1. The molecule has 21 heavy (non-hydrogen) atoms. The van der Waals surface area contributed by atoms with E-state index >= 15 is 0 Å². The summed E-state index contributed by atoms with van der Waals surface area (Å²) in [5.74, 6) is 1.48. The highest BCUT2D eigenvalue weighted by Crippen LogP contribution is 2.18. The number of rotatable bonds is 7. The summed E-state index contributed by atoms with van der Waals surface area (Å²) >= 11 is 2.86. The average Bonchev–Trinajstić information content (AvgIpc) is 2.94. The van der Waals surface area contributed by atoms with Gasteiger partial charge in [0.05, 0.1) is 17.5 Å². The Bertz CT molecular complexity index is 575. The smallest absolute Gasteiger partial charge is 0.277 e. The Balaban J connectivity index is 1.79. The minimum Gasteiger partial charge on any atom is -0.415 e. The zero-order chi connectivity index (χ0) is 15.1. The Morgan fingerprint density at radius 1 is 1.33 bits per heavy atom. The second kappa shape index (κ2) is 8.09. The molecule has 1 heterocycles. The molecule has 1 aromatic heterocycles. The summed E-state index contributed by atoms with van der Waals surface area (Å²) in [6.45, 7) is 1.96. The summed E-state index contributed by atoms with van der Waals surface area (Å²) in [6, 6.07) is 9.83. The number of hydrogen-bond acceptors (Lipinski definition) is 6. The molecule has 1 atom stereocenters. The van der Waals surface area contributed by atoms with Gasteiger partial charge < -0.3 is 9.73 Å². The van der Waals surface area contributed by atoms with Crippen LogP contribution in [0.25, 0.3) is 0 Å². The van der Waals surface area contributed by atoms with Crippen LogP contribution in [0.5, 0.6) is 0 Å². The molecule has 0 bridgehead atoms. The molecule has 1 unspecified atom stereocenters. The topological polar surface area (TPSA) is 68.0 Å². The summed E-state index contributed by atoms with van der Waals surface area (Å²) in [7, 11) is 0.